The van der Waals surface area contributed by atoms with Gasteiger partial charge in [0.1, 0.15) is 0 Å². The average molecular weight is 489 g/mol. The Hall–Kier alpha value is -1.89. The molecule has 0 aromatic heterocycles. The standard InChI is InChI=1S/C24H29BrN2O4/c25-24-11-16-7-17(12-24)10-23(9-16,15-24)13-22(30)31-14-20(28)26-18-3-1-4-19(8-18)27-6-2-5-21(27)29/h1,3-4,8,16-17H,2,5-7,9-15H2,(H,26,28). The topological polar surface area (TPSA) is 75.7 Å². The third kappa shape index (κ3) is 4.38. The van der Waals surface area contributed by atoms with Crippen LogP contribution in [0.25, 0.3) is 0 Å². The minimum absolute atomic E-state index is 0.0394. The molecule has 6 rings (SSSR count). The van der Waals surface area contributed by atoms with Crippen molar-refractivity contribution in [2.24, 2.45) is 17.3 Å². The normalized spacial score (nSPS) is 33.6. The molecule has 2 amide bonds. The van der Waals surface area contributed by atoms with E-state index in [1.54, 1.807) is 17.0 Å². The molecule has 5 fully saturated rings. The van der Waals surface area contributed by atoms with E-state index in [9.17, 15) is 14.4 Å². The number of halogens is 1. The molecule has 4 aliphatic carbocycles. The maximum absolute atomic E-state index is 12.6. The van der Waals surface area contributed by atoms with E-state index in [-0.39, 0.29) is 34.1 Å². The van der Waals surface area contributed by atoms with Crippen LogP contribution in [-0.4, -0.2) is 35.3 Å². The molecule has 6 nitrogen and oxygen atoms in total. The van der Waals surface area contributed by atoms with Crippen LogP contribution in [0.5, 0.6) is 0 Å². The van der Waals surface area contributed by atoms with Crippen molar-refractivity contribution in [3.63, 3.8) is 0 Å². The molecule has 166 valence electrons. The van der Waals surface area contributed by atoms with E-state index >= 15 is 0 Å². The number of carbonyl (C=O) groups is 3. The zero-order chi connectivity index (χ0) is 21.6. The Labute approximate surface area is 191 Å². The van der Waals surface area contributed by atoms with Crippen LogP contribution in [0, 0.1) is 17.3 Å². The van der Waals surface area contributed by atoms with Crippen molar-refractivity contribution in [1.82, 2.24) is 0 Å². The van der Waals surface area contributed by atoms with Gasteiger partial charge in [0.25, 0.3) is 5.91 Å². The number of rotatable bonds is 6. The van der Waals surface area contributed by atoms with Crippen molar-refractivity contribution < 1.29 is 19.1 Å². The lowest BCUT2D eigenvalue weighted by atomic mass is 9.49. The van der Waals surface area contributed by atoms with Crippen LogP contribution in [0.4, 0.5) is 11.4 Å². The molecule has 1 aliphatic heterocycles. The number of carbonyl (C=O) groups excluding carboxylic acids is 3. The number of nitrogens with zero attached hydrogens (tertiary/aromatic N) is 1. The molecular weight excluding hydrogens is 460 g/mol. The summed E-state index contributed by atoms with van der Waals surface area (Å²) >= 11 is 3.97. The molecule has 7 heteroatoms. The first-order chi connectivity index (χ1) is 14.8. The Morgan fingerprint density at radius 1 is 1.19 bits per heavy atom. The molecule has 1 saturated heterocycles. The summed E-state index contributed by atoms with van der Waals surface area (Å²) in [4.78, 5) is 38.6. The van der Waals surface area contributed by atoms with Gasteiger partial charge in [0.2, 0.25) is 5.91 Å². The lowest BCUT2D eigenvalue weighted by Gasteiger charge is -2.60. The second kappa shape index (κ2) is 7.91. The molecule has 5 aliphatic rings. The smallest absolute Gasteiger partial charge is 0.306 e. The Bertz CT molecular complexity index is 903. The summed E-state index contributed by atoms with van der Waals surface area (Å²) in [5, 5.41) is 2.78. The zero-order valence-electron chi connectivity index (χ0n) is 17.7. The van der Waals surface area contributed by atoms with Gasteiger partial charge in [-0.3, -0.25) is 14.4 Å². The van der Waals surface area contributed by atoms with Crippen LogP contribution in [0.15, 0.2) is 24.3 Å². The number of nitrogens with one attached hydrogen (secondary N) is 1. The second-order valence-corrected chi connectivity index (χ2v) is 11.9. The minimum Gasteiger partial charge on any atom is -0.456 e. The quantitative estimate of drug-likeness (QED) is 0.474. The van der Waals surface area contributed by atoms with Crippen LogP contribution in [0.3, 0.4) is 0 Å². The molecular formula is C24H29BrN2O4. The van der Waals surface area contributed by atoms with Gasteiger partial charge in [-0.25, -0.2) is 0 Å². The summed E-state index contributed by atoms with van der Waals surface area (Å²) in [5.41, 5.74) is 1.42. The average Bonchev–Trinajstić information content (AvgIpc) is 3.10. The van der Waals surface area contributed by atoms with E-state index in [2.05, 4.69) is 21.2 Å². The van der Waals surface area contributed by atoms with E-state index in [1.807, 2.05) is 12.1 Å². The maximum Gasteiger partial charge on any atom is 0.306 e. The van der Waals surface area contributed by atoms with E-state index in [0.717, 1.165) is 31.4 Å². The summed E-state index contributed by atoms with van der Waals surface area (Å²) in [5.74, 6) is 0.899. The first-order valence-electron chi connectivity index (χ1n) is 11.4. The molecule has 1 heterocycles. The highest BCUT2D eigenvalue weighted by molar-refractivity contribution is 9.10. The van der Waals surface area contributed by atoms with Crippen molar-refractivity contribution in [3.8, 4) is 0 Å². The maximum atomic E-state index is 12.6. The van der Waals surface area contributed by atoms with Crippen LogP contribution in [-0.2, 0) is 19.1 Å². The fraction of sp³-hybridized carbons (Fsp3) is 0.625. The molecule has 1 N–H and O–H groups in total. The summed E-state index contributed by atoms with van der Waals surface area (Å²) < 4.78 is 5.57. The number of hydrogen-bond donors (Lipinski definition) is 1. The highest BCUT2D eigenvalue weighted by Gasteiger charge is 2.57. The molecule has 4 bridgehead atoms. The minimum atomic E-state index is -0.360. The molecule has 31 heavy (non-hydrogen) atoms. The fourth-order valence-electron chi connectivity index (χ4n) is 6.92. The van der Waals surface area contributed by atoms with Crippen molar-refractivity contribution in [2.45, 2.75) is 62.1 Å². The number of hydrogen-bond acceptors (Lipinski definition) is 4. The number of amides is 2. The van der Waals surface area contributed by atoms with E-state index < -0.39 is 0 Å². The van der Waals surface area contributed by atoms with Crippen LogP contribution < -0.4 is 10.2 Å². The van der Waals surface area contributed by atoms with Gasteiger partial charge in [0, 0.05) is 28.7 Å². The van der Waals surface area contributed by atoms with Crippen molar-refractivity contribution >= 4 is 45.1 Å². The third-order valence-electron chi connectivity index (χ3n) is 7.51. The van der Waals surface area contributed by atoms with Gasteiger partial charge < -0.3 is 15.0 Å². The van der Waals surface area contributed by atoms with Gasteiger partial charge in [-0.2, -0.15) is 0 Å². The number of alkyl halides is 1. The molecule has 1 aromatic carbocycles. The predicted molar refractivity (Wildman–Crippen MR) is 121 cm³/mol. The van der Waals surface area contributed by atoms with Crippen LogP contribution >= 0.6 is 15.9 Å². The third-order valence-corrected chi connectivity index (χ3v) is 8.44. The fourth-order valence-corrected chi connectivity index (χ4v) is 8.43. The molecule has 1 aromatic rings. The Morgan fingerprint density at radius 2 is 1.97 bits per heavy atom. The van der Waals surface area contributed by atoms with Crippen LogP contribution in [0.2, 0.25) is 0 Å². The van der Waals surface area contributed by atoms with Gasteiger partial charge in [-0.05, 0) is 80.4 Å². The molecule has 4 saturated carbocycles. The van der Waals surface area contributed by atoms with E-state index in [4.69, 9.17) is 4.74 Å². The SMILES string of the molecule is O=C(COC(=O)CC12CC3CC(CC(Br)(C3)C1)C2)Nc1cccc(N2CCCC2=O)c1. The highest BCUT2D eigenvalue weighted by Crippen LogP contribution is 2.65. The molecule has 0 radical (unpaired) electrons. The van der Waals surface area contributed by atoms with Gasteiger partial charge in [0.05, 0.1) is 6.42 Å². The van der Waals surface area contributed by atoms with Gasteiger partial charge in [-0.15, -0.1) is 0 Å². The number of benzene rings is 1. The lowest BCUT2D eigenvalue weighted by Crippen LogP contribution is -2.53. The first-order valence-corrected chi connectivity index (χ1v) is 12.2. The van der Waals surface area contributed by atoms with Crippen molar-refractivity contribution in [3.05, 3.63) is 24.3 Å². The monoisotopic (exact) mass is 488 g/mol. The van der Waals surface area contributed by atoms with E-state index in [1.165, 1.54) is 19.3 Å². The summed E-state index contributed by atoms with van der Waals surface area (Å²) in [7, 11) is 0. The van der Waals surface area contributed by atoms with Crippen molar-refractivity contribution in [2.75, 3.05) is 23.4 Å². The molecule has 2 atom stereocenters. The zero-order valence-corrected chi connectivity index (χ0v) is 19.3. The van der Waals surface area contributed by atoms with Crippen molar-refractivity contribution in [1.29, 1.82) is 0 Å². The van der Waals surface area contributed by atoms with Gasteiger partial charge >= 0.3 is 5.97 Å². The van der Waals surface area contributed by atoms with Gasteiger partial charge in [-0.1, -0.05) is 22.0 Å². The lowest BCUT2D eigenvalue weighted by molar-refractivity contribution is -0.153. The number of esters is 1. The molecule has 2 unspecified atom stereocenters. The predicted octanol–water partition coefficient (Wildman–Crippen LogP) is 4.42. The summed E-state index contributed by atoms with van der Waals surface area (Å²) in [6.07, 6.45) is 8.84. The molecule has 0 spiro atoms. The Morgan fingerprint density at radius 3 is 2.65 bits per heavy atom. The van der Waals surface area contributed by atoms with E-state index in [0.29, 0.717) is 36.9 Å². The second-order valence-electron chi connectivity index (χ2n) is 10.2. The Kier molecular flexibility index (Phi) is 5.35. The van der Waals surface area contributed by atoms with Crippen LogP contribution in [0.1, 0.15) is 57.8 Å². The highest BCUT2D eigenvalue weighted by atomic mass is 79.9. The number of anilines is 2. The first kappa shape index (κ1) is 21.0. The summed E-state index contributed by atoms with van der Waals surface area (Å²) in [6, 6.07) is 7.23. The Balaban J connectivity index is 1.14. The number of ether oxygens (including phenoxy) is 1. The summed E-state index contributed by atoms with van der Waals surface area (Å²) in [6.45, 7) is 0.418. The largest absolute Gasteiger partial charge is 0.456 e. The van der Waals surface area contributed by atoms with Gasteiger partial charge in [0.15, 0.2) is 6.61 Å².